The first-order valence-corrected chi connectivity index (χ1v) is 8.00. The van der Waals surface area contributed by atoms with Crippen molar-refractivity contribution in [3.8, 4) is 11.8 Å². The summed E-state index contributed by atoms with van der Waals surface area (Å²) in [4.78, 5) is 0. The Hall–Kier alpha value is -1.39. The molecule has 3 N–H and O–H groups in total. The third-order valence-electron chi connectivity index (χ3n) is 2.77. The average Bonchev–Trinajstić information content (AvgIpc) is 2.44. The van der Waals surface area contributed by atoms with Crippen LogP contribution in [0.5, 0.6) is 0 Å². The largest absolute Gasteiger partial charge is 0.320 e. The summed E-state index contributed by atoms with van der Waals surface area (Å²) in [6, 6.07) is 7.43. The van der Waals surface area contributed by atoms with Crippen molar-refractivity contribution >= 4 is 10.2 Å². The molecule has 0 heterocycles. The van der Waals surface area contributed by atoms with E-state index in [0.717, 1.165) is 11.1 Å². The van der Waals surface area contributed by atoms with Crippen molar-refractivity contribution in [2.45, 2.75) is 20.4 Å². The molecule has 0 aliphatic carbocycles. The van der Waals surface area contributed by atoms with Crippen molar-refractivity contribution in [2.24, 2.45) is 5.73 Å². The van der Waals surface area contributed by atoms with Gasteiger partial charge >= 0.3 is 0 Å². The Balaban J connectivity index is 2.75. The Morgan fingerprint density at radius 2 is 2.00 bits per heavy atom. The third kappa shape index (κ3) is 4.94. The predicted molar refractivity (Wildman–Crippen MR) is 81.1 cm³/mol. The van der Waals surface area contributed by atoms with Gasteiger partial charge in [0.25, 0.3) is 10.2 Å². The second-order valence-corrected chi connectivity index (χ2v) is 5.87. The van der Waals surface area contributed by atoms with Gasteiger partial charge < -0.3 is 5.73 Å². The Morgan fingerprint density at radius 1 is 1.30 bits per heavy atom. The first kappa shape index (κ1) is 16.7. The number of nitrogens with two attached hydrogens (primary N) is 1. The standard InChI is InChI=1S/C14H21N3O2S/c1-3-17(4-2)20(18,19)16-12-14-8-5-7-13(11-14)9-6-10-15/h5,7-8,11,16H,3-4,10,12,15H2,1-2H3. The quantitative estimate of drug-likeness (QED) is 0.758. The number of nitrogens with zero attached hydrogens (tertiary/aromatic N) is 1. The summed E-state index contributed by atoms with van der Waals surface area (Å²) < 4.78 is 28.0. The normalized spacial score (nSPS) is 11.2. The smallest absolute Gasteiger partial charge is 0.279 e. The molecule has 0 aliphatic rings. The molecule has 1 aromatic carbocycles. The molecule has 0 saturated heterocycles. The van der Waals surface area contributed by atoms with Crippen LogP contribution in [0.1, 0.15) is 25.0 Å². The lowest BCUT2D eigenvalue weighted by molar-refractivity contribution is 0.434. The van der Waals surface area contributed by atoms with Crippen molar-refractivity contribution in [2.75, 3.05) is 19.6 Å². The summed E-state index contributed by atoms with van der Waals surface area (Å²) in [5.74, 6) is 5.70. The van der Waals surface area contributed by atoms with Gasteiger partial charge in [-0.15, -0.1) is 0 Å². The first-order chi connectivity index (χ1) is 9.53. The lowest BCUT2D eigenvalue weighted by Crippen LogP contribution is -2.40. The molecule has 0 aromatic heterocycles. The molecule has 20 heavy (non-hydrogen) atoms. The van der Waals surface area contributed by atoms with Crippen molar-refractivity contribution in [3.63, 3.8) is 0 Å². The van der Waals surface area contributed by atoms with Crippen LogP contribution in [0.25, 0.3) is 0 Å². The molecule has 0 bridgehead atoms. The molecule has 0 atom stereocenters. The van der Waals surface area contributed by atoms with E-state index in [2.05, 4.69) is 16.6 Å². The molecule has 5 nitrogen and oxygen atoms in total. The fourth-order valence-corrected chi connectivity index (χ4v) is 2.95. The molecule has 0 spiro atoms. The van der Waals surface area contributed by atoms with Gasteiger partial charge in [-0.05, 0) is 17.7 Å². The minimum Gasteiger partial charge on any atom is -0.320 e. The molecule has 1 rings (SSSR count). The van der Waals surface area contributed by atoms with E-state index in [0.29, 0.717) is 19.6 Å². The fraction of sp³-hybridized carbons (Fsp3) is 0.429. The van der Waals surface area contributed by atoms with E-state index >= 15 is 0 Å². The molecule has 0 radical (unpaired) electrons. The number of rotatable bonds is 6. The Kier molecular flexibility index (Phi) is 6.68. The van der Waals surface area contributed by atoms with Crippen LogP contribution in [0.4, 0.5) is 0 Å². The van der Waals surface area contributed by atoms with Crippen LogP contribution < -0.4 is 10.5 Å². The highest BCUT2D eigenvalue weighted by Gasteiger charge is 2.17. The number of hydrogen-bond donors (Lipinski definition) is 2. The molecule has 0 unspecified atom stereocenters. The minimum absolute atomic E-state index is 0.247. The van der Waals surface area contributed by atoms with Gasteiger partial charge in [0, 0.05) is 25.2 Å². The second kappa shape index (κ2) is 8.02. The van der Waals surface area contributed by atoms with Crippen molar-refractivity contribution in [1.82, 2.24) is 9.03 Å². The average molecular weight is 295 g/mol. The third-order valence-corrected chi connectivity index (χ3v) is 4.47. The molecule has 110 valence electrons. The van der Waals surface area contributed by atoms with Gasteiger partial charge in [-0.2, -0.15) is 17.4 Å². The summed E-state index contributed by atoms with van der Waals surface area (Å²) in [5, 5.41) is 0. The van der Waals surface area contributed by atoms with Crippen LogP contribution in [0.3, 0.4) is 0 Å². The zero-order chi connectivity index (χ0) is 15.0. The Labute approximate surface area is 121 Å². The SMILES string of the molecule is CCN(CC)S(=O)(=O)NCc1cccc(C#CCN)c1. The zero-order valence-electron chi connectivity index (χ0n) is 11.9. The summed E-state index contributed by atoms with van der Waals surface area (Å²) >= 11 is 0. The maximum absolute atomic E-state index is 12.0. The van der Waals surface area contributed by atoms with Crippen LogP contribution in [0, 0.1) is 11.8 Å². The lowest BCUT2D eigenvalue weighted by Gasteiger charge is -2.18. The highest BCUT2D eigenvalue weighted by molar-refractivity contribution is 7.87. The van der Waals surface area contributed by atoms with E-state index in [4.69, 9.17) is 5.73 Å². The van der Waals surface area contributed by atoms with Gasteiger partial charge in [-0.1, -0.05) is 37.8 Å². The lowest BCUT2D eigenvalue weighted by atomic mass is 10.1. The minimum atomic E-state index is -3.42. The summed E-state index contributed by atoms with van der Waals surface area (Å²) in [6.45, 7) is 5.08. The van der Waals surface area contributed by atoms with E-state index in [1.807, 2.05) is 38.1 Å². The van der Waals surface area contributed by atoms with Crippen LogP contribution in [-0.4, -0.2) is 32.4 Å². The highest BCUT2D eigenvalue weighted by Crippen LogP contribution is 2.05. The monoisotopic (exact) mass is 295 g/mol. The fourth-order valence-electron chi connectivity index (χ4n) is 1.74. The van der Waals surface area contributed by atoms with Gasteiger partial charge in [0.15, 0.2) is 0 Å². The molecule has 0 saturated carbocycles. The van der Waals surface area contributed by atoms with Crippen LogP contribution in [0.15, 0.2) is 24.3 Å². The number of hydrogen-bond acceptors (Lipinski definition) is 3. The molecule has 0 amide bonds. The molecule has 0 fully saturated rings. The Bertz CT molecular complexity index is 584. The van der Waals surface area contributed by atoms with E-state index in [-0.39, 0.29) is 6.54 Å². The molecule has 1 aromatic rings. The topological polar surface area (TPSA) is 75.4 Å². The summed E-state index contributed by atoms with van der Waals surface area (Å²) in [6.07, 6.45) is 0. The van der Waals surface area contributed by atoms with E-state index in [1.165, 1.54) is 4.31 Å². The van der Waals surface area contributed by atoms with Crippen LogP contribution in [0.2, 0.25) is 0 Å². The summed E-state index contributed by atoms with van der Waals surface area (Å²) in [7, 11) is -3.42. The van der Waals surface area contributed by atoms with Gasteiger partial charge in [0.2, 0.25) is 0 Å². The maximum Gasteiger partial charge on any atom is 0.279 e. The van der Waals surface area contributed by atoms with Gasteiger partial charge in [0.05, 0.1) is 6.54 Å². The van der Waals surface area contributed by atoms with E-state index in [9.17, 15) is 8.42 Å². The maximum atomic E-state index is 12.0. The summed E-state index contributed by atoms with van der Waals surface area (Å²) in [5.41, 5.74) is 7.02. The van der Waals surface area contributed by atoms with E-state index < -0.39 is 10.2 Å². The zero-order valence-corrected chi connectivity index (χ0v) is 12.7. The number of benzene rings is 1. The number of nitrogens with one attached hydrogen (secondary N) is 1. The van der Waals surface area contributed by atoms with Crippen LogP contribution >= 0.6 is 0 Å². The van der Waals surface area contributed by atoms with Gasteiger partial charge in [-0.25, -0.2) is 0 Å². The van der Waals surface area contributed by atoms with Crippen molar-refractivity contribution in [1.29, 1.82) is 0 Å². The van der Waals surface area contributed by atoms with Crippen molar-refractivity contribution < 1.29 is 8.42 Å². The first-order valence-electron chi connectivity index (χ1n) is 6.56. The molecular weight excluding hydrogens is 274 g/mol. The van der Waals surface area contributed by atoms with Crippen LogP contribution in [-0.2, 0) is 16.8 Å². The molecular formula is C14H21N3O2S. The second-order valence-electron chi connectivity index (χ2n) is 4.12. The predicted octanol–water partition coefficient (Wildman–Crippen LogP) is 0.673. The Morgan fingerprint density at radius 3 is 2.60 bits per heavy atom. The van der Waals surface area contributed by atoms with E-state index in [1.54, 1.807) is 0 Å². The molecule has 0 aliphatic heterocycles. The highest BCUT2D eigenvalue weighted by atomic mass is 32.2. The molecule has 6 heteroatoms. The van der Waals surface area contributed by atoms with Crippen molar-refractivity contribution in [3.05, 3.63) is 35.4 Å². The van der Waals surface area contributed by atoms with Gasteiger partial charge in [0.1, 0.15) is 0 Å². The van der Waals surface area contributed by atoms with Gasteiger partial charge in [-0.3, -0.25) is 0 Å².